The summed E-state index contributed by atoms with van der Waals surface area (Å²) in [7, 11) is 0. The highest BCUT2D eigenvalue weighted by atomic mass is 35.5. The molecule has 1 atom stereocenters. The molecule has 2 amide bonds. The number of rotatable bonds is 2. The first kappa shape index (κ1) is 14.9. The minimum atomic E-state index is -0.118. The number of amides is 2. The Hall–Kier alpha value is -2.04. The summed E-state index contributed by atoms with van der Waals surface area (Å²) in [5.74, 6) is 0. The van der Waals surface area contributed by atoms with E-state index in [1.807, 2.05) is 54.6 Å². The number of nitrogens with one attached hydrogen (secondary N) is 1. The van der Waals surface area contributed by atoms with Gasteiger partial charge < -0.3 is 15.0 Å². The largest absolute Gasteiger partial charge is 0.370 e. The van der Waals surface area contributed by atoms with Crippen LogP contribution in [0.3, 0.4) is 0 Å². The highest BCUT2D eigenvalue weighted by molar-refractivity contribution is 6.30. The first-order chi connectivity index (χ1) is 10.7. The number of carbonyl (C=O) groups is 1. The van der Waals surface area contributed by atoms with Gasteiger partial charge >= 0.3 is 6.03 Å². The SMILES string of the molecule is O=C(Nc1ccccc1)N1CCO[C@@H](c2ccc(Cl)cc2)C1. The van der Waals surface area contributed by atoms with Crippen molar-refractivity contribution in [3.8, 4) is 0 Å². The second kappa shape index (κ2) is 6.81. The van der Waals surface area contributed by atoms with Gasteiger partial charge in [-0.05, 0) is 29.8 Å². The highest BCUT2D eigenvalue weighted by Crippen LogP contribution is 2.24. The second-order valence-corrected chi connectivity index (χ2v) is 5.59. The van der Waals surface area contributed by atoms with Crippen molar-refractivity contribution in [1.29, 1.82) is 0 Å². The molecular formula is C17H17ClN2O2. The van der Waals surface area contributed by atoms with E-state index >= 15 is 0 Å². The van der Waals surface area contributed by atoms with E-state index in [1.54, 1.807) is 4.90 Å². The molecule has 1 saturated heterocycles. The van der Waals surface area contributed by atoms with E-state index in [4.69, 9.17) is 16.3 Å². The van der Waals surface area contributed by atoms with Gasteiger partial charge in [0.2, 0.25) is 0 Å². The molecule has 0 radical (unpaired) electrons. The Morgan fingerprint density at radius 2 is 1.86 bits per heavy atom. The summed E-state index contributed by atoms with van der Waals surface area (Å²) in [6.07, 6.45) is -0.118. The maximum absolute atomic E-state index is 12.3. The molecule has 4 nitrogen and oxygen atoms in total. The van der Waals surface area contributed by atoms with Gasteiger partial charge in [-0.3, -0.25) is 0 Å². The van der Waals surface area contributed by atoms with Gasteiger partial charge in [0.25, 0.3) is 0 Å². The summed E-state index contributed by atoms with van der Waals surface area (Å²) in [4.78, 5) is 14.1. The summed E-state index contributed by atoms with van der Waals surface area (Å²) in [5, 5.41) is 3.60. The summed E-state index contributed by atoms with van der Waals surface area (Å²) in [5.41, 5.74) is 1.82. The van der Waals surface area contributed by atoms with E-state index in [9.17, 15) is 4.79 Å². The molecule has 0 spiro atoms. The van der Waals surface area contributed by atoms with Crippen molar-refractivity contribution in [2.24, 2.45) is 0 Å². The van der Waals surface area contributed by atoms with Crippen LogP contribution < -0.4 is 5.32 Å². The van der Waals surface area contributed by atoms with Crippen molar-refractivity contribution < 1.29 is 9.53 Å². The Balaban J connectivity index is 1.65. The van der Waals surface area contributed by atoms with Crippen molar-refractivity contribution in [3.05, 3.63) is 65.2 Å². The number of para-hydroxylation sites is 1. The smallest absolute Gasteiger partial charge is 0.322 e. The summed E-state index contributed by atoms with van der Waals surface area (Å²) >= 11 is 5.90. The molecule has 2 aromatic rings. The molecule has 0 unspecified atom stereocenters. The maximum Gasteiger partial charge on any atom is 0.322 e. The summed E-state index contributed by atoms with van der Waals surface area (Å²) in [6.45, 7) is 1.64. The zero-order valence-corrected chi connectivity index (χ0v) is 12.8. The van der Waals surface area contributed by atoms with Gasteiger partial charge in [0, 0.05) is 17.3 Å². The van der Waals surface area contributed by atoms with Crippen molar-refractivity contribution in [1.82, 2.24) is 4.90 Å². The van der Waals surface area contributed by atoms with Crippen LogP contribution in [0.5, 0.6) is 0 Å². The highest BCUT2D eigenvalue weighted by Gasteiger charge is 2.25. The number of carbonyl (C=O) groups excluding carboxylic acids is 1. The molecule has 0 aliphatic carbocycles. The number of anilines is 1. The van der Waals surface area contributed by atoms with Crippen molar-refractivity contribution >= 4 is 23.3 Å². The third kappa shape index (κ3) is 3.59. The fourth-order valence-corrected chi connectivity index (χ4v) is 2.56. The van der Waals surface area contributed by atoms with Gasteiger partial charge in [-0.2, -0.15) is 0 Å². The molecule has 114 valence electrons. The average Bonchev–Trinajstić information content (AvgIpc) is 2.56. The maximum atomic E-state index is 12.3. The van der Waals surface area contributed by atoms with E-state index in [1.165, 1.54) is 0 Å². The molecule has 5 heteroatoms. The van der Waals surface area contributed by atoms with Gasteiger partial charge in [0.05, 0.1) is 13.2 Å². The lowest BCUT2D eigenvalue weighted by molar-refractivity contribution is -0.0135. The number of benzene rings is 2. The molecule has 1 N–H and O–H groups in total. The normalized spacial score (nSPS) is 18.0. The average molecular weight is 317 g/mol. The number of nitrogens with zero attached hydrogens (tertiary/aromatic N) is 1. The number of morpholine rings is 1. The van der Waals surface area contributed by atoms with Crippen molar-refractivity contribution in [3.63, 3.8) is 0 Å². The predicted molar refractivity (Wildman–Crippen MR) is 87.2 cm³/mol. The third-order valence-corrected chi connectivity index (χ3v) is 3.87. The Labute approximate surface area is 134 Å². The lowest BCUT2D eigenvalue weighted by Gasteiger charge is -2.33. The van der Waals surface area contributed by atoms with E-state index in [0.29, 0.717) is 24.7 Å². The minimum Gasteiger partial charge on any atom is -0.370 e. The number of ether oxygens (including phenoxy) is 1. The molecule has 2 aromatic carbocycles. The van der Waals surface area contributed by atoms with Crippen LogP contribution in [0.25, 0.3) is 0 Å². The number of urea groups is 1. The topological polar surface area (TPSA) is 41.6 Å². The van der Waals surface area contributed by atoms with Crippen molar-refractivity contribution in [2.45, 2.75) is 6.10 Å². The molecule has 0 bridgehead atoms. The van der Waals surface area contributed by atoms with Crippen LogP contribution in [-0.4, -0.2) is 30.6 Å². The van der Waals surface area contributed by atoms with Gasteiger partial charge in [-0.25, -0.2) is 4.79 Å². The van der Waals surface area contributed by atoms with Gasteiger partial charge in [-0.1, -0.05) is 41.9 Å². The monoisotopic (exact) mass is 316 g/mol. The van der Waals surface area contributed by atoms with Crippen LogP contribution in [0, 0.1) is 0 Å². The predicted octanol–water partition coefficient (Wildman–Crippen LogP) is 3.95. The standard InChI is InChI=1S/C17H17ClN2O2/c18-14-8-6-13(7-9-14)16-12-20(10-11-22-16)17(21)19-15-4-2-1-3-5-15/h1-9,16H,10-12H2,(H,19,21)/t16-/m1/s1. The van der Waals surface area contributed by atoms with Gasteiger partial charge in [0.15, 0.2) is 0 Å². The van der Waals surface area contributed by atoms with E-state index in [2.05, 4.69) is 5.32 Å². The lowest BCUT2D eigenvalue weighted by Crippen LogP contribution is -2.44. The quantitative estimate of drug-likeness (QED) is 0.911. The van der Waals surface area contributed by atoms with E-state index in [0.717, 1.165) is 11.3 Å². The first-order valence-corrected chi connectivity index (χ1v) is 7.58. The van der Waals surface area contributed by atoms with Crippen LogP contribution in [-0.2, 0) is 4.74 Å². The van der Waals surface area contributed by atoms with Crippen LogP contribution in [0.1, 0.15) is 11.7 Å². The lowest BCUT2D eigenvalue weighted by atomic mass is 10.1. The summed E-state index contributed by atoms with van der Waals surface area (Å²) < 4.78 is 5.77. The molecule has 1 heterocycles. The van der Waals surface area contributed by atoms with Crippen molar-refractivity contribution in [2.75, 3.05) is 25.0 Å². The molecule has 0 aromatic heterocycles. The van der Waals surface area contributed by atoms with E-state index < -0.39 is 0 Å². The van der Waals surface area contributed by atoms with Gasteiger partial charge in [0.1, 0.15) is 6.10 Å². The van der Waals surface area contributed by atoms with Crippen LogP contribution in [0.2, 0.25) is 5.02 Å². The Kier molecular flexibility index (Phi) is 4.61. The summed E-state index contributed by atoms with van der Waals surface area (Å²) in [6, 6.07) is 16.9. The zero-order chi connectivity index (χ0) is 15.4. The Morgan fingerprint density at radius 3 is 2.59 bits per heavy atom. The van der Waals surface area contributed by atoms with Crippen LogP contribution >= 0.6 is 11.6 Å². The molecule has 22 heavy (non-hydrogen) atoms. The van der Waals surface area contributed by atoms with Gasteiger partial charge in [-0.15, -0.1) is 0 Å². The fourth-order valence-electron chi connectivity index (χ4n) is 2.44. The fraction of sp³-hybridized carbons (Fsp3) is 0.235. The molecular weight excluding hydrogens is 300 g/mol. The molecule has 1 aliphatic rings. The number of halogens is 1. The first-order valence-electron chi connectivity index (χ1n) is 7.20. The molecule has 3 rings (SSSR count). The third-order valence-electron chi connectivity index (χ3n) is 3.62. The Bertz CT molecular complexity index is 631. The second-order valence-electron chi connectivity index (χ2n) is 5.15. The molecule has 0 saturated carbocycles. The number of hydrogen-bond donors (Lipinski definition) is 1. The van der Waals surface area contributed by atoms with Crippen LogP contribution in [0.15, 0.2) is 54.6 Å². The molecule has 1 aliphatic heterocycles. The zero-order valence-electron chi connectivity index (χ0n) is 12.0. The van der Waals surface area contributed by atoms with Crippen LogP contribution in [0.4, 0.5) is 10.5 Å². The molecule has 1 fully saturated rings. The van der Waals surface area contributed by atoms with E-state index in [-0.39, 0.29) is 12.1 Å². The minimum absolute atomic E-state index is 0.103. The number of hydrogen-bond acceptors (Lipinski definition) is 2. The Morgan fingerprint density at radius 1 is 1.14 bits per heavy atom.